The number of benzene rings is 1. The Morgan fingerprint density at radius 3 is 2.26 bits per heavy atom. The zero-order valence-electron chi connectivity index (χ0n) is 16.9. The second kappa shape index (κ2) is 6.83. The number of fused-ring (bicyclic) bond motifs is 1. The minimum Gasteiger partial charge on any atom is -0.507 e. The van der Waals surface area contributed by atoms with Gasteiger partial charge in [-0.05, 0) is 79.4 Å². The molecule has 148 valence electrons. The fraction of sp³-hybridized carbons (Fsp3) is 0.667. The average molecular weight is 433 g/mol. The number of rotatable bonds is 6. The van der Waals surface area contributed by atoms with Crippen LogP contribution in [-0.4, -0.2) is 15.5 Å². The maximum atomic E-state index is 11.0. The first-order valence-corrected chi connectivity index (χ1v) is 11.7. The molecule has 0 unspecified atom stereocenters. The van der Waals surface area contributed by atoms with Gasteiger partial charge in [0, 0.05) is 16.8 Å². The molecule has 0 heterocycles. The Morgan fingerprint density at radius 2 is 1.78 bits per heavy atom. The van der Waals surface area contributed by atoms with E-state index < -0.39 is 0 Å². The molecular formula is C24H33BrO2. The normalized spacial score (nSPS) is 30.2. The number of phenolic OH excluding ortho intramolecular Hbond substituents is 2. The van der Waals surface area contributed by atoms with Crippen LogP contribution in [0.2, 0.25) is 0 Å². The molecule has 2 fully saturated rings. The smallest absolute Gasteiger partial charge is 0.123 e. The minimum atomic E-state index is 0.129. The molecule has 0 aliphatic heterocycles. The maximum absolute atomic E-state index is 11.0. The zero-order chi connectivity index (χ0) is 19.4. The molecule has 4 aliphatic rings. The number of phenols is 2. The van der Waals surface area contributed by atoms with Gasteiger partial charge in [-0.1, -0.05) is 54.3 Å². The molecule has 3 heteroatoms. The van der Waals surface area contributed by atoms with Gasteiger partial charge < -0.3 is 10.2 Å². The van der Waals surface area contributed by atoms with E-state index in [2.05, 4.69) is 42.8 Å². The summed E-state index contributed by atoms with van der Waals surface area (Å²) in [6, 6.07) is 3.95. The predicted octanol–water partition coefficient (Wildman–Crippen LogP) is 6.79. The van der Waals surface area contributed by atoms with Crippen LogP contribution in [0.1, 0.15) is 82.8 Å². The minimum absolute atomic E-state index is 0.129. The first-order valence-electron chi connectivity index (χ1n) is 10.6. The Hall–Kier alpha value is -0.960. The van der Waals surface area contributed by atoms with E-state index in [1.54, 1.807) is 0 Å². The van der Waals surface area contributed by atoms with Crippen LogP contribution in [0.5, 0.6) is 11.5 Å². The van der Waals surface area contributed by atoms with Crippen LogP contribution in [0.4, 0.5) is 0 Å². The Bertz CT molecular complexity index is 737. The van der Waals surface area contributed by atoms with Crippen molar-refractivity contribution < 1.29 is 10.2 Å². The van der Waals surface area contributed by atoms with Gasteiger partial charge in [-0.25, -0.2) is 0 Å². The van der Waals surface area contributed by atoms with Crippen LogP contribution in [0.25, 0.3) is 0 Å². The first kappa shape index (κ1) is 19.4. The molecule has 0 saturated heterocycles. The van der Waals surface area contributed by atoms with Crippen LogP contribution in [0, 0.1) is 17.3 Å². The third-order valence-electron chi connectivity index (χ3n) is 8.20. The first-order chi connectivity index (χ1) is 12.8. The van der Waals surface area contributed by atoms with Crippen molar-refractivity contribution in [3.8, 4) is 11.5 Å². The van der Waals surface area contributed by atoms with Crippen molar-refractivity contribution in [2.24, 2.45) is 17.3 Å². The Balaban J connectivity index is 1.66. The van der Waals surface area contributed by atoms with Crippen molar-refractivity contribution in [1.29, 1.82) is 0 Å². The van der Waals surface area contributed by atoms with E-state index in [0.717, 1.165) is 22.9 Å². The van der Waals surface area contributed by atoms with Crippen molar-refractivity contribution in [2.45, 2.75) is 77.0 Å². The standard InChI is InChI=1S/C24H33BrO2/c1-15-11-17(19-14-18(15)23(19,2)3)22-20(26)12-16(13-21(22)27)24(8-6-9-24)7-4-5-10-25/h11-13,17-19,26-27H,4-10,14H2,1-3H3/t17-,18-,19+/m0/s1. The molecule has 2 saturated carbocycles. The van der Waals surface area contributed by atoms with Crippen LogP contribution in [0.15, 0.2) is 23.8 Å². The molecule has 5 rings (SSSR count). The topological polar surface area (TPSA) is 40.5 Å². The van der Waals surface area contributed by atoms with E-state index in [4.69, 9.17) is 0 Å². The largest absolute Gasteiger partial charge is 0.507 e. The van der Waals surface area contributed by atoms with Crippen molar-refractivity contribution in [3.63, 3.8) is 0 Å². The fourth-order valence-electron chi connectivity index (χ4n) is 6.26. The SMILES string of the molecule is CC1=C[C@H](c2c(O)cc(C3(CCCCBr)CCC3)cc2O)[C@H]2C[C@@H]1C2(C)C. The van der Waals surface area contributed by atoms with Gasteiger partial charge in [0.15, 0.2) is 0 Å². The summed E-state index contributed by atoms with van der Waals surface area (Å²) in [4.78, 5) is 0. The lowest BCUT2D eigenvalue weighted by Gasteiger charge is -2.59. The van der Waals surface area contributed by atoms with E-state index in [1.165, 1.54) is 44.1 Å². The van der Waals surface area contributed by atoms with Crippen LogP contribution in [-0.2, 0) is 5.41 Å². The van der Waals surface area contributed by atoms with Gasteiger partial charge in [0.05, 0.1) is 0 Å². The zero-order valence-corrected chi connectivity index (χ0v) is 18.5. The van der Waals surface area contributed by atoms with Crippen molar-refractivity contribution >= 4 is 15.9 Å². The number of hydrogen-bond acceptors (Lipinski definition) is 2. The molecule has 2 nitrogen and oxygen atoms in total. The number of aromatic hydroxyl groups is 2. The highest BCUT2D eigenvalue weighted by molar-refractivity contribution is 9.09. The number of halogens is 1. The third kappa shape index (κ3) is 2.96. The summed E-state index contributed by atoms with van der Waals surface area (Å²) in [5, 5.41) is 23.0. The van der Waals surface area contributed by atoms with Crippen LogP contribution in [0.3, 0.4) is 0 Å². The van der Waals surface area contributed by atoms with Crippen molar-refractivity contribution in [1.82, 2.24) is 0 Å². The molecule has 3 atom stereocenters. The Morgan fingerprint density at radius 1 is 1.11 bits per heavy atom. The molecule has 1 aromatic carbocycles. The summed E-state index contributed by atoms with van der Waals surface area (Å²) >= 11 is 3.53. The summed E-state index contributed by atoms with van der Waals surface area (Å²) < 4.78 is 0. The highest BCUT2D eigenvalue weighted by atomic mass is 79.9. The van der Waals surface area contributed by atoms with Gasteiger partial charge in [-0.15, -0.1) is 0 Å². The van der Waals surface area contributed by atoms with Gasteiger partial charge in [-0.2, -0.15) is 0 Å². The summed E-state index contributed by atoms with van der Waals surface area (Å²) in [6.07, 6.45) is 10.6. The molecule has 2 bridgehead atoms. The molecule has 1 aromatic rings. The van der Waals surface area contributed by atoms with Gasteiger partial charge in [0.2, 0.25) is 0 Å². The summed E-state index contributed by atoms with van der Waals surface area (Å²) in [5.74, 6) is 1.89. The number of hydrogen-bond donors (Lipinski definition) is 2. The van der Waals surface area contributed by atoms with E-state index in [-0.39, 0.29) is 16.7 Å². The average Bonchev–Trinajstić information content (AvgIpc) is 2.55. The second-order valence-electron chi connectivity index (χ2n) is 9.86. The quantitative estimate of drug-likeness (QED) is 0.295. The lowest BCUT2D eigenvalue weighted by atomic mass is 9.45. The number of unbranched alkanes of at least 4 members (excludes halogenated alkanes) is 1. The van der Waals surface area contributed by atoms with E-state index in [9.17, 15) is 10.2 Å². The van der Waals surface area contributed by atoms with E-state index in [1.807, 2.05) is 12.1 Å². The number of alkyl halides is 1. The van der Waals surface area contributed by atoms with E-state index >= 15 is 0 Å². The monoisotopic (exact) mass is 432 g/mol. The van der Waals surface area contributed by atoms with Gasteiger partial charge in [-0.3, -0.25) is 0 Å². The van der Waals surface area contributed by atoms with Gasteiger partial charge >= 0.3 is 0 Å². The molecule has 0 radical (unpaired) electrons. The fourth-order valence-corrected chi connectivity index (χ4v) is 6.65. The summed E-state index contributed by atoms with van der Waals surface area (Å²) in [7, 11) is 0. The number of allylic oxidation sites excluding steroid dienone is 2. The molecule has 4 aliphatic carbocycles. The lowest BCUT2D eigenvalue weighted by Crippen LogP contribution is -2.50. The highest BCUT2D eigenvalue weighted by Crippen LogP contribution is 2.65. The Labute approximate surface area is 172 Å². The van der Waals surface area contributed by atoms with Crippen LogP contribution < -0.4 is 0 Å². The Kier molecular flexibility index (Phi) is 4.90. The molecule has 0 amide bonds. The highest BCUT2D eigenvalue weighted by Gasteiger charge is 2.55. The third-order valence-corrected chi connectivity index (χ3v) is 8.76. The predicted molar refractivity (Wildman–Crippen MR) is 115 cm³/mol. The molecule has 0 spiro atoms. The maximum Gasteiger partial charge on any atom is 0.123 e. The van der Waals surface area contributed by atoms with Gasteiger partial charge in [0.25, 0.3) is 0 Å². The molecule has 0 aromatic heterocycles. The molecule has 27 heavy (non-hydrogen) atoms. The van der Waals surface area contributed by atoms with Crippen molar-refractivity contribution in [3.05, 3.63) is 34.9 Å². The van der Waals surface area contributed by atoms with Crippen molar-refractivity contribution in [2.75, 3.05) is 5.33 Å². The second-order valence-corrected chi connectivity index (χ2v) is 10.7. The molecular weight excluding hydrogens is 400 g/mol. The van der Waals surface area contributed by atoms with Crippen LogP contribution >= 0.6 is 15.9 Å². The summed E-state index contributed by atoms with van der Waals surface area (Å²) in [6.45, 7) is 6.89. The summed E-state index contributed by atoms with van der Waals surface area (Å²) in [5.41, 5.74) is 3.73. The van der Waals surface area contributed by atoms with E-state index in [0.29, 0.717) is 23.3 Å². The lowest BCUT2D eigenvalue weighted by molar-refractivity contribution is -0.0198. The molecule has 2 N–H and O–H groups in total. The van der Waals surface area contributed by atoms with Gasteiger partial charge in [0.1, 0.15) is 11.5 Å².